The number of rotatable bonds is 7. The van der Waals surface area contributed by atoms with Crippen LogP contribution in [0.3, 0.4) is 0 Å². The normalized spacial score (nSPS) is 26.9. The summed E-state index contributed by atoms with van der Waals surface area (Å²) in [4.78, 5) is 17.5. The summed E-state index contributed by atoms with van der Waals surface area (Å²) in [6, 6.07) is 8.19. The Balaban J connectivity index is 1.37. The molecule has 28 heavy (non-hydrogen) atoms. The number of carbonyl (C=O) groups is 1. The molecule has 2 heterocycles. The zero-order valence-corrected chi connectivity index (χ0v) is 18.1. The minimum Gasteiger partial charge on any atom is -0.352 e. The minimum atomic E-state index is 0.0542. The molecule has 3 rings (SSSR count). The minimum absolute atomic E-state index is 0.0542. The van der Waals surface area contributed by atoms with E-state index in [9.17, 15) is 4.79 Å². The van der Waals surface area contributed by atoms with Gasteiger partial charge in [0, 0.05) is 38.3 Å². The van der Waals surface area contributed by atoms with Crippen LogP contribution in [-0.2, 0) is 6.54 Å². The van der Waals surface area contributed by atoms with E-state index in [1.807, 2.05) is 12.1 Å². The molecule has 0 aromatic heterocycles. The fourth-order valence-electron chi connectivity index (χ4n) is 5.03. The molecule has 2 saturated heterocycles. The maximum Gasteiger partial charge on any atom is 0.251 e. The van der Waals surface area contributed by atoms with E-state index < -0.39 is 0 Å². The van der Waals surface area contributed by atoms with E-state index >= 15 is 0 Å². The van der Waals surface area contributed by atoms with Crippen molar-refractivity contribution in [2.45, 2.75) is 53.0 Å². The van der Waals surface area contributed by atoms with E-state index in [4.69, 9.17) is 0 Å². The van der Waals surface area contributed by atoms with E-state index in [0.717, 1.165) is 49.4 Å². The van der Waals surface area contributed by atoms with Crippen LogP contribution in [0.15, 0.2) is 24.3 Å². The third-order valence-corrected chi connectivity index (χ3v) is 6.24. The summed E-state index contributed by atoms with van der Waals surface area (Å²) in [5.41, 5.74) is 2.08. The van der Waals surface area contributed by atoms with E-state index in [1.54, 1.807) is 0 Å². The van der Waals surface area contributed by atoms with Gasteiger partial charge < -0.3 is 10.2 Å². The Bertz CT molecular complexity index is 605. The highest BCUT2D eigenvalue weighted by atomic mass is 16.1. The summed E-state index contributed by atoms with van der Waals surface area (Å²) >= 11 is 0. The van der Waals surface area contributed by atoms with Crippen molar-refractivity contribution in [1.29, 1.82) is 0 Å². The molecule has 1 aromatic rings. The fourth-order valence-corrected chi connectivity index (χ4v) is 5.03. The highest BCUT2D eigenvalue weighted by Gasteiger charge is 2.21. The first-order valence-electron chi connectivity index (χ1n) is 11.3. The smallest absolute Gasteiger partial charge is 0.251 e. The molecule has 2 aliphatic heterocycles. The van der Waals surface area contributed by atoms with Gasteiger partial charge in [-0.05, 0) is 74.2 Å². The van der Waals surface area contributed by atoms with E-state index in [-0.39, 0.29) is 5.91 Å². The Hall–Kier alpha value is -1.39. The van der Waals surface area contributed by atoms with Crippen molar-refractivity contribution in [3.8, 4) is 0 Å². The van der Waals surface area contributed by atoms with Gasteiger partial charge in [0.25, 0.3) is 5.91 Å². The monoisotopic (exact) mass is 385 g/mol. The zero-order valence-electron chi connectivity index (χ0n) is 18.1. The largest absolute Gasteiger partial charge is 0.352 e. The van der Waals surface area contributed by atoms with Crippen LogP contribution in [0.25, 0.3) is 0 Å². The number of piperidine rings is 2. The molecule has 3 atom stereocenters. The number of likely N-dealkylation sites (tertiary alicyclic amines) is 2. The van der Waals surface area contributed by atoms with Gasteiger partial charge in [-0.1, -0.05) is 32.9 Å². The second-order valence-corrected chi connectivity index (χ2v) is 9.49. The van der Waals surface area contributed by atoms with Crippen molar-refractivity contribution in [2.24, 2.45) is 17.8 Å². The molecule has 4 nitrogen and oxygen atoms in total. The molecule has 0 radical (unpaired) electrons. The van der Waals surface area contributed by atoms with E-state index in [1.165, 1.54) is 51.0 Å². The van der Waals surface area contributed by atoms with Crippen LogP contribution in [-0.4, -0.2) is 55.0 Å². The Morgan fingerprint density at radius 3 is 2.36 bits per heavy atom. The second-order valence-electron chi connectivity index (χ2n) is 9.49. The van der Waals surface area contributed by atoms with Crippen molar-refractivity contribution in [3.63, 3.8) is 0 Å². The zero-order chi connectivity index (χ0) is 19.9. The third kappa shape index (κ3) is 6.59. The topological polar surface area (TPSA) is 35.6 Å². The van der Waals surface area contributed by atoms with Crippen molar-refractivity contribution in [3.05, 3.63) is 35.4 Å². The predicted molar refractivity (Wildman–Crippen MR) is 116 cm³/mol. The Morgan fingerprint density at radius 2 is 1.68 bits per heavy atom. The average molecular weight is 386 g/mol. The van der Waals surface area contributed by atoms with Gasteiger partial charge in [-0.3, -0.25) is 9.69 Å². The molecule has 4 heteroatoms. The third-order valence-electron chi connectivity index (χ3n) is 6.24. The molecule has 2 fully saturated rings. The molecule has 0 aliphatic carbocycles. The molecular formula is C24H39N3O. The number of amides is 1. The summed E-state index contributed by atoms with van der Waals surface area (Å²) in [7, 11) is 0. The van der Waals surface area contributed by atoms with Crippen LogP contribution in [0, 0.1) is 17.8 Å². The first-order valence-corrected chi connectivity index (χ1v) is 11.3. The highest BCUT2D eigenvalue weighted by molar-refractivity contribution is 5.94. The van der Waals surface area contributed by atoms with Crippen molar-refractivity contribution < 1.29 is 4.79 Å². The van der Waals surface area contributed by atoms with Crippen molar-refractivity contribution >= 4 is 5.91 Å². The van der Waals surface area contributed by atoms with Gasteiger partial charge in [-0.2, -0.15) is 0 Å². The summed E-state index contributed by atoms with van der Waals surface area (Å²) in [5.74, 6) is 2.45. The van der Waals surface area contributed by atoms with E-state index in [0.29, 0.717) is 0 Å². The number of carbonyl (C=O) groups excluding carboxylic acids is 1. The van der Waals surface area contributed by atoms with Gasteiger partial charge in [-0.25, -0.2) is 0 Å². The van der Waals surface area contributed by atoms with Gasteiger partial charge in [0.2, 0.25) is 0 Å². The standard InChI is InChI=1S/C24H39N3O/c1-19-6-4-12-27(15-19)18-22-7-9-23(10-8-22)24(28)25-11-5-13-26-16-20(2)14-21(3)17-26/h7-10,19-21H,4-6,11-18H2,1-3H3,(H,25,28)/t19-,20-,21+/m1/s1. The lowest BCUT2D eigenvalue weighted by Crippen LogP contribution is -2.40. The quantitative estimate of drug-likeness (QED) is 0.720. The second kappa shape index (κ2) is 10.4. The highest BCUT2D eigenvalue weighted by Crippen LogP contribution is 2.21. The molecule has 156 valence electrons. The number of nitrogens with one attached hydrogen (secondary N) is 1. The van der Waals surface area contributed by atoms with Crippen molar-refractivity contribution in [1.82, 2.24) is 15.1 Å². The summed E-state index contributed by atoms with van der Waals surface area (Å²) in [6.45, 7) is 14.7. The first kappa shape index (κ1) is 21.3. The summed E-state index contributed by atoms with van der Waals surface area (Å²) in [6.07, 6.45) is 5.03. The molecular weight excluding hydrogens is 346 g/mol. The van der Waals surface area contributed by atoms with Gasteiger partial charge in [0.15, 0.2) is 0 Å². The lowest BCUT2D eigenvalue weighted by Gasteiger charge is -2.34. The maximum atomic E-state index is 12.4. The van der Waals surface area contributed by atoms with Gasteiger partial charge >= 0.3 is 0 Å². The Kier molecular flexibility index (Phi) is 7.92. The molecule has 1 amide bonds. The van der Waals surface area contributed by atoms with Crippen molar-refractivity contribution in [2.75, 3.05) is 39.3 Å². The molecule has 0 saturated carbocycles. The number of nitrogens with zero attached hydrogens (tertiary/aromatic N) is 2. The van der Waals surface area contributed by atoms with Gasteiger partial charge in [0.1, 0.15) is 0 Å². The van der Waals surface area contributed by atoms with Gasteiger partial charge in [0.05, 0.1) is 0 Å². The van der Waals surface area contributed by atoms with Crippen LogP contribution in [0.1, 0.15) is 62.4 Å². The number of benzene rings is 1. The van der Waals surface area contributed by atoms with Gasteiger partial charge in [-0.15, -0.1) is 0 Å². The van der Waals surface area contributed by atoms with Crippen LogP contribution < -0.4 is 5.32 Å². The molecule has 1 N–H and O–H groups in total. The number of hydrogen-bond donors (Lipinski definition) is 1. The predicted octanol–water partition coefficient (Wildman–Crippen LogP) is 4.02. The fraction of sp³-hybridized carbons (Fsp3) is 0.708. The molecule has 0 unspecified atom stereocenters. The number of hydrogen-bond acceptors (Lipinski definition) is 3. The van der Waals surface area contributed by atoms with Crippen LogP contribution in [0.2, 0.25) is 0 Å². The summed E-state index contributed by atoms with van der Waals surface area (Å²) < 4.78 is 0. The summed E-state index contributed by atoms with van der Waals surface area (Å²) in [5, 5.41) is 3.09. The molecule has 1 aromatic carbocycles. The Labute approximate surface area is 171 Å². The SMILES string of the molecule is C[C@@H]1CCCN(Cc2ccc(C(=O)NCCCN3C[C@H](C)C[C@H](C)C3)cc2)C1. The van der Waals surface area contributed by atoms with Crippen LogP contribution in [0.4, 0.5) is 0 Å². The maximum absolute atomic E-state index is 12.4. The molecule has 0 spiro atoms. The first-order chi connectivity index (χ1) is 13.5. The molecule has 2 aliphatic rings. The Morgan fingerprint density at radius 1 is 1.00 bits per heavy atom. The average Bonchev–Trinajstić information content (AvgIpc) is 2.65. The molecule has 0 bridgehead atoms. The van der Waals surface area contributed by atoms with E-state index in [2.05, 4.69) is 48.0 Å². The van der Waals surface area contributed by atoms with Crippen LogP contribution >= 0.6 is 0 Å². The lowest BCUT2D eigenvalue weighted by atomic mass is 9.92. The van der Waals surface area contributed by atoms with Crippen LogP contribution in [0.5, 0.6) is 0 Å². The lowest BCUT2D eigenvalue weighted by molar-refractivity contribution is 0.0947.